The molecule has 6 heteroatoms. The van der Waals surface area contributed by atoms with E-state index in [9.17, 15) is 13.2 Å². The van der Waals surface area contributed by atoms with Crippen molar-refractivity contribution in [1.82, 2.24) is 5.32 Å². The summed E-state index contributed by atoms with van der Waals surface area (Å²) in [5.74, 6) is -0.00175. The second-order valence-electron chi connectivity index (χ2n) is 4.27. The minimum atomic E-state index is -2.98. The lowest BCUT2D eigenvalue weighted by Gasteiger charge is -2.14. The fraction of sp³-hybridized carbons (Fsp3) is 0.900. The van der Waals surface area contributed by atoms with E-state index in [0.29, 0.717) is 19.3 Å². The highest BCUT2D eigenvalue weighted by molar-refractivity contribution is 7.92. The fourth-order valence-corrected chi connectivity index (χ4v) is 3.64. The monoisotopic (exact) mass is 248 g/mol. The standard InChI is InChI=1S/C10H20N2O3S/c1-2-4-9(11)10(13)12-7-8-5-3-6-16(8,14)15/h8-9H,2-7,11H2,1H3,(H,12,13)/t8?,9-/m0/s1. The first-order valence-corrected chi connectivity index (χ1v) is 7.43. The summed E-state index contributed by atoms with van der Waals surface area (Å²) in [6.07, 6.45) is 2.81. The maximum Gasteiger partial charge on any atom is 0.236 e. The van der Waals surface area contributed by atoms with Crippen LogP contribution in [-0.2, 0) is 14.6 Å². The van der Waals surface area contributed by atoms with E-state index in [2.05, 4.69) is 5.32 Å². The van der Waals surface area contributed by atoms with Crippen molar-refractivity contribution in [2.45, 2.75) is 43.9 Å². The first-order chi connectivity index (χ1) is 7.47. The average molecular weight is 248 g/mol. The first kappa shape index (κ1) is 13.4. The normalized spacial score (nSPS) is 25.2. The van der Waals surface area contributed by atoms with E-state index in [1.165, 1.54) is 0 Å². The highest BCUT2D eigenvalue weighted by Crippen LogP contribution is 2.18. The third-order valence-electron chi connectivity index (χ3n) is 2.90. The van der Waals surface area contributed by atoms with Crippen LogP contribution in [0, 0.1) is 0 Å². The number of sulfone groups is 1. The molecule has 1 heterocycles. The van der Waals surface area contributed by atoms with Gasteiger partial charge in [0.15, 0.2) is 9.84 Å². The molecule has 0 aromatic heterocycles. The van der Waals surface area contributed by atoms with Gasteiger partial charge in [-0.25, -0.2) is 8.42 Å². The van der Waals surface area contributed by atoms with E-state index < -0.39 is 21.1 Å². The van der Waals surface area contributed by atoms with E-state index in [4.69, 9.17) is 5.73 Å². The van der Waals surface area contributed by atoms with Crippen LogP contribution in [0.5, 0.6) is 0 Å². The zero-order valence-corrected chi connectivity index (χ0v) is 10.4. The van der Waals surface area contributed by atoms with Crippen LogP contribution in [0.15, 0.2) is 0 Å². The van der Waals surface area contributed by atoms with Gasteiger partial charge in [-0.15, -0.1) is 0 Å². The fourth-order valence-electron chi connectivity index (χ4n) is 1.88. The molecule has 94 valence electrons. The third-order valence-corrected chi connectivity index (χ3v) is 5.18. The van der Waals surface area contributed by atoms with Gasteiger partial charge >= 0.3 is 0 Å². The molecule has 1 aliphatic heterocycles. The number of nitrogens with one attached hydrogen (secondary N) is 1. The lowest BCUT2D eigenvalue weighted by atomic mass is 10.1. The van der Waals surface area contributed by atoms with Gasteiger partial charge in [-0.2, -0.15) is 0 Å². The summed E-state index contributed by atoms with van der Waals surface area (Å²) in [6, 6.07) is -0.519. The van der Waals surface area contributed by atoms with E-state index in [1.54, 1.807) is 0 Å². The molecule has 0 saturated carbocycles. The number of rotatable bonds is 5. The third kappa shape index (κ3) is 3.45. The molecule has 0 aromatic rings. The highest BCUT2D eigenvalue weighted by atomic mass is 32.2. The molecule has 0 aromatic carbocycles. The number of hydrogen-bond donors (Lipinski definition) is 2. The van der Waals surface area contributed by atoms with Crippen LogP contribution < -0.4 is 11.1 Å². The molecule has 0 radical (unpaired) electrons. The Kier molecular flexibility index (Phi) is 4.73. The molecule has 2 atom stereocenters. The number of nitrogens with two attached hydrogens (primary N) is 1. The lowest BCUT2D eigenvalue weighted by molar-refractivity contribution is -0.122. The molecule has 1 saturated heterocycles. The Hall–Kier alpha value is -0.620. The van der Waals surface area contributed by atoms with Crippen LogP contribution >= 0.6 is 0 Å². The van der Waals surface area contributed by atoms with Gasteiger partial charge in [0.2, 0.25) is 5.91 Å². The molecule has 0 spiro atoms. The summed E-state index contributed by atoms with van der Waals surface area (Å²) >= 11 is 0. The molecule has 1 fully saturated rings. The Labute approximate surface area is 96.7 Å². The molecule has 16 heavy (non-hydrogen) atoms. The number of carbonyl (C=O) groups is 1. The number of hydrogen-bond acceptors (Lipinski definition) is 4. The molecule has 5 nitrogen and oxygen atoms in total. The minimum absolute atomic E-state index is 0.207. The van der Waals surface area contributed by atoms with Crippen molar-refractivity contribution in [3.63, 3.8) is 0 Å². The van der Waals surface area contributed by atoms with Crippen molar-refractivity contribution < 1.29 is 13.2 Å². The molecular weight excluding hydrogens is 228 g/mol. The molecule has 1 rings (SSSR count). The van der Waals surface area contributed by atoms with Gasteiger partial charge in [-0.1, -0.05) is 13.3 Å². The highest BCUT2D eigenvalue weighted by Gasteiger charge is 2.31. The predicted octanol–water partition coefficient (Wildman–Crippen LogP) is -0.193. The Bertz CT molecular complexity index is 340. The van der Waals surface area contributed by atoms with Crippen LogP contribution in [0.1, 0.15) is 32.6 Å². The van der Waals surface area contributed by atoms with E-state index in [-0.39, 0.29) is 18.2 Å². The smallest absolute Gasteiger partial charge is 0.236 e. The topological polar surface area (TPSA) is 89.3 Å². The van der Waals surface area contributed by atoms with Crippen molar-refractivity contribution >= 4 is 15.7 Å². The zero-order chi connectivity index (χ0) is 12.2. The summed E-state index contributed by atoms with van der Waals surface area (Å²) < 4.78 is 23.0. The molecule has 1 aliphatic rings. The Morgan fingerprint density at radius 2 is 2.25 bits per heavy atom. The van der Waals surface area contributed by atoms with Crippen molar-refractivity contribution in [1.29, 1.82) is 0 Å². The first-order valence-electron chi connectivity index (χ1n) is 5.72. The van der Waals surface area contributed by atoms with E-state index in [1.807, 2.05) is 6.92 Å². The van der Waals surface area contributed by atoms with Crippen LogP contribution in [-0.4, -0.2) is 37.9 Å². The van der Waals surface area contributed by atoms with E-state index in [0.717, 1.165) is 6.42 Å². The van der Waals surface area contributed by atoms with E-state index >= 15 is 0 Å². The summed E-state index contributed by atoms with van der Waals surface area (Å²) in [7, 11) is -2.98. The maximum atomic E-state index is 11.5. The van der Waals surface area contributed by atoms with Crippen molar-refractivity contribution in [3.05, 3.63) is 0 Å². The Morgan fingerprint density at radius 3 is 2.75 bits per heavy atom. The van der Waals surface area contributed by atoms with Gasteiger partial charge in [-0.3, -0.25) is 4.79 Å². The Morgan fingerprint density at radius 1 is 1.56 bits per heavy atom. The van der Waals surface area contributed by atoms with Crippen LogP contribution in [0.3, 0.4) is 0 Å². The van der Waals surface area contributed by atoms with Crippen molar-refractivity contribution in [2.24, 2.45) is 5.73 Å². The van der Waals surface area contributed by atoms with Crippen LogP contribution in [0.4, 0.5) is 0 Å². The molecular formula is C10H20N2O3S. The Balaban J connectivity index is 2.37. The molecule has 0 aliphatic carbocycles. The van der Waals surface area contributed by atoms with Crippen molar-refractivity contribution in [3.8, 4) is 0 Å². The maximum absolute atomic E-state index is 11.5. The van der Waals surface area contributed by atoms with Gasteiger partial charge in [-0.05, 0) is 19.3 Å². The van der Waals surface area contributed by atoms with Gasteiger partial charge < -0.3 is 11.1 Å². The molecule has 1 amide bonds. The quantitative estimate of drug-likeness (QED) is 0.705. The molecule has 0 bridgehead atoms. The van der Waals surface area contributed by atoms with Crippen LogP contribution in [0.25, 0.3) is 0 Å². The SMILES string of the molecule is CCC[C@H](N)C(=O)NCC1CCCS1(=O)=O. The summed E-state index contributed by atoms with van der Waals surface area (Å²) in [6.45, 7) is 2.16. The second-order valence-corrected chi connectivity index (χ2v) is 6.67. The zero-order valence-electron chi connectivity index (χ0n) is 9.61. The van der Waals surface area contributed by atoms with Crippen LogP contribution in [0.2, 0.25) is 0 Å². The molecule has 1 unspecified atom stereocenters. The largest absolute Gasteiger partial charge is 0.353 e. The summed E-state index contributed by atoms with van der Waals surface area (Å²) in [5.41, 5.74) is 5.62. The molecule has 3 N–H and O–H groups in total. The van der Waals surface area contributed by atoms with Gasteiger partial charge in [0, 0.05) is 6.54 Å². The minimum Gasteiger partial charge on any atom is -0.353 e. The lowest BCUT2D eigenvalue weighted by Crippen LogP contribution is -2.44. The second kappa shape index (κ2) is 5.63. The van der Waals surface area contributed by atoms with Gasteiger partial charge in [0.25, 0.3) is 0 Å². The van der Waals surface area contributed by atoms with Gasteiger partial charge in [0.1, 0.15) is 0 Å². The summed E-state index contributed by atoms with van der Waals surface area (Å²) in [5, 5.41) is 2.21. The van der Waals surface area contributed by atoms with Crippen molar-refractivity contribution in [2.75, 3.05) is 12.3 Å². The number of amides is 1. The predicted molar refractivity (Wildman–Crippen MR) is 62.7 cm³/mol. The summed E-state index contributed by atoms with van der Waals surface area (Å²) in [4.78, 5) is 11.5. The number of carbonyl (C=O) groups excluding carboxylic acids is 1. The van der Waals surface area contributed by atoms with Gasteiger partial charge in [0.05, 0.1) is 17.0 Å². The average Bonchev–Trinajstić information content (AvgIpc) is 2.54.